The van der Waals surface area contributed by atoms with Crippen molar-refractivity contribution in [3.8, 4) is 12.3 Å². The second-order valence-corrected chi connectivity index (χ2v) is 14.9. The molecular formula is C39H65IN10. The van der Waals surface area contributed by atoms with Crippen molar-refractivity contribution >= 4 is 28.3 Å². The summed E-state index contributed by atoms with van der Waals surface area (Å²) in [6, 6.07) is 17.3. The minimum Gasteiger partial charge on any atom is -0.326 e. The zero-order valence-corrected chi connectivity index (χ0v) is 33.4. The zero-order chi connectivity index (χ0) is 36.1. The summed E-state index contributed by atoms with van der Waals surface area (Å²) in [4.78, 5) is 9.48. The molecule has 0 radical (unpaired) electrons. The minimum absolute atomic E-state index is 0.580. The zero-order valence-electron chi connectivity index (χ0n) is 31.2. The predicted octanol–water partition coefficient (Wildman–Crippen LogP) is 3.85. The number of likely N-dealkylation sites (N-methyl/N-ethyl adjacent to an activating group) is 2. The maximum atomic E-state index is 5.63. The maximum Gasteiger partial charge on any atom is 0.0599 e. The van der Waals surface area contributed by atoms with Gasteiger partial charge in [-0.15, -0.1) is 12.0 Å². The van der Waals surface area contributed by atoms with Crippen LogP contribution in [0.4, 0.5) is 5.69 Å². The molecule has 0 spiro atoms. The molecule has 278 valence electrons. The SMILES string of the molecule is C#CCN1CCN(C)CC1.CC[C@H]1CCCC[C@@H]1NC.CN1CCN(CC2=CN(c3ccc(CN)cc3)NN2)CC1.NCc1ccc(I)cc1. The summed E-state index contributed by atoms with van der Waals surface area (Å²) < 4.78 is 1.25. The van der Waals surface area contributed by atoms with Crippen LogP contribution in [-0.2, 0) is 13.1 Å². The molecule has 10 nitrogen and oxygen atoms in total. The predicted molar refractivity (Wildman–Crippen MR) is 220 cm³/mol. The lowest BCUT2D eigenvalue weighted by atomic mass is 9.83. The fourth-order valence-electron chi connectivity index (χ4n) is 6.44. The number of rotatable bonds is 8. The number of halogens is 1. The number of nitrogens with one attached hydrogen (secondary N) is 3. The van der Waals surface area contributed by atoms with Crippen LogP contribution in [0.1, 0.15) is 50.2 Å². The van der Waals surface area contributed by atoms with E-state index >= 15 is 0 Å². The molecule has 7 N–H and O–H groups in total. The van der Waals surface area contributed by atoms with Crippen LogP contribution in [0, 0.1) is 21.8 Å². The van der Waals surface area contributed by atoms with Crippen LogP contribution in [0.15, 0.2) is 60.4 Å². The largest absolute Gasteiger partial charge is 0.326 e. The number of anilines is 1. The van der Waals surface area contributed by atoms with Gasteiger partial charge in [-0.1, -0.05) is 56.4 Å². The second-order valence-electron chi connectivity index (χ2n) is 13.7. The Morgan fingerprint density at radius 2 is 1.36 bits per heavy atom. The summed E-state index contributed by atoms with van der Waals surface area (Å²) in [7, 11) is 6.42. The maximum absolute atomic E-state index is 5.63. The quantitative estimate of drug-likeness (QED) is 0.200. The van der Waals surface area contributed by atoms with Gasteiger partial charge in [0.2, 0.25) is 0 Å². The number of piperazine rings is 2. The highest BCUT2D eigenvalue weighted by Gasteiger charge is 2.21. The number of nitrogens with two attached hydrogens (primary N) is 2. The molecule has 0 bridgehead atoms. The van der Waals surface area contributed by atoms with E-state index in [9.17, 15) is 0 Å². The first-order chi connectivity index (χ1) is 24.3. The van der Waals surface area contributed by atoms with E-state index in [0.717, 1.165) is 88.7 Å². The smallest absolute Gasteiger partial charge is 0.0599 e. The number of nitrogens with zero attached hydrogens (tertiary/aromatic N) is 5. The van der Waals surface area contributed by atoms with Gasteiger partial charge in [-0.3, -0.25) is 14.8 Å². The van der Waals surface area contributed by atoms with Gasteiger partial charge in [0.05, 0.1) is 17.9 Å². The van der Waals surface area contributed by atoms with Gasteiger partial charge >= 0.3 is 0 Å². The summed E-state index contributed by atoms with van der Waals surface area (Å²) in [5, 5.41) is 5.41. The molecular weight excluding hydrogens is 735 g/mol. The Labute approximate surface area is 317 Å². The van der Waals surface area contributed by atoms with E-state index in [2.05, 4.69) is 135 Å². The molecule has 3 aliphatic heterocycles. The first-order valence-corrected chi connectivity index (χ1v) is 19.5. The van der Waals surface area contributed by atoms with Gasteiger partial charge in [-0.25, -0.2) is 0 Å². The van der Waals surface area contributed by atoms with E-state index in [1.54, 1.807) is 0 Å². The number of hydrogen-bond donors (Lipinski definition) is 5. The van der Waals surface area contributed by atoms with Crippen molar-refractivity contribution in [1.82, 2.24) is 35.9 Å². The fourth-order valence-corrected chi connectivity index (χ4v) is 6.80. The Kier molecular flexibility index (Phi) is 20.3. The summed E-state index contributed by atoms with van der Waals surface area (Å²) in [5.74, 6) is 3.62. The Hall–Kier alpha value is -2.25. The van der Waals surface area contributed by atoms with E-state index in [1.807, 2.05) is 17.1 Å². The van der Waals surface area contributed by atoms with Gasteiger partial charge in [0.25, 0.3) is 0 Å². The third-order valence-corrected chi connectivity index (χ3v) is 10.6. The van der Waals surface area contributed by atoms with E-state index in [4.69, 9.17) is 17.9 Å². The fraction of sp³-hybridized carbons (Fsp3) is 0.590. The molecule has 3 fully saturated rings. The van der Waals surface area contributed by atoms with Gasteiger partial charge in [0.15, 0.2) is 0 Å². The molecule has 2 saturated heterocycles. The molecule has 4 aliphatic rings. The summed E-state index contributed by atoms with van der Waals surface area (Å²) in [6.07, 6.45) is 14.4. The highest BCUT2D eigenvalue weighted by molar-refractivity contribution is 14.1. The standard InChI is InChI=1S/C15H24N6.C9H19N.C8H14N2.C7H8IN/c1-19-6-8-20(9-7-19)11-14-12-21(18-17-14)15-4-2-13(10-16)3-5-15;1-3-8-6-4-5-7-9(8)10-2;1-3-4-10-7-5-9(2)6-8-10;8-7-3-1-6(5-9)2-4-7/h2-5,12,17-18H,6-11,16H2,1H3;8-10H,3-7H2,1-2H3;1H,4-8H2,2H3;1-4H,5,9H2/t;8-,9-;;/m.0../s1. The molecule has 50 heavy (non-hydrogen) atoms. The third-order valence-electron chi connectivity index (χ3n) is 9.93. The molecule has 2 atom stereocenters. The molecule has 1 aliphatic carbocycles. The first-order valence-electron chi connectivity index (χ1n) is 18.5. The topological polar surface area (TPSA) is 104 Å². The van der Waals surface area contributed by atoms with Crippen LogP contribution < -0.4 is 32.8 Å². The molecule has 0 unspecified atom stereocenters. The van der Waals surface area contributed by atoms with Crippen molar-refractivity contribution in [3.05, 3.63) is 75.1 Å². The van der Waals surface area contributed by atoms with Gasteiger partial charge in [0.1, 0.15) is 0 Å². The highest BCUT2D eigenvalue weighted by atomic mass is 127. The summed E-state index contributed by atoms with van der Waals surface area (Å²) >= 11 is 2.27. The molecule has 1 saturated carbocycles. The lowest BCUT2D eigenvalue weighted by Gasteiger charge is -2.32. The van der Waals surface area contributed by atoms with Gasteiger partial charge in [-0.05, 0) is 97.9 Å². The molecule has 11 heteroatoms. The van der Waals surface area contributed by atoms with Gasteiger partial charge in [0, 0.05) is 87.8 Å². The number of hydrazine groups is 2. The first kappa shape index (κ1) is 42.2. The minimum atomic E-state index is 0.580. The van der Waals surface area contributed by atoms with Crippen molar-refractivity contribution in [1.29, 1.82) is 0 Å². The van der Waals surface area contributed by atoms with Crippen LogP contribution in [0.25, 0.3) is 0 Å². The van der Waals surface area contributed by atoms with Crippen LogP contribution in [0.3, 0.4) is 0 Å². The van der Waals surface area contributed by atoms with E-state index < -0.39 is 0 Å². The van der Waals surface area contributed by atoms with E-state index in [0.29, 0.717) is 13.1 Å². The molecule has 6 rings (SSSR count). The van der Waals surface area contributed by atoms with Crippen molar-refractivity contribution in [2.45, 2.75) is 58.2 Å². The number of terminal acetylenes is 1. The van der Waals surface area contributed by atoms with Gasteiger partial charge in [-0.2, -0.15) is 0 Å². The lowest BCUT2D eigenvalue weighted by Crippen LogP contribution is -2.46. The average Bonchev–Trinajstić information content (AvgIpc) is 3.63. The molecule has 3 heterocycles. The van der Waals surface area contributed by atoms with E-state index in [-0.39, 0.29) is 0 Å². The van der Waals surface area contributed by atoms with Crippen molar-refractivity contribution in [2.24, 2.45) is 17.4 Å². The summed E-state index contributed by atoms with van der Waals surface area (Å²) in [5.41, 5.74) is 22.1. The molecule has 0 amide bonds. The van der Waals surface area contributed by atoms with Gasteiger partial charge < -0.3 is 32.0 Å². The van der Waals surface area contributed by atoms with Crippen molar-refractivity contribution in [2.75, 3.05) is 91.6 Å². The molecule has 2 aromatic rings. The van der Waals surface area contributed by atoms with Crippen LogP contribution in [0.5, 0.6) is 0 Å². The number of hydrogen-bond acceptors (Lipinski definition) is 10. The highest BCUT2D eigenvalue weighted by Crippen LogP contribution is 2.26. The monoisotopic (exact) mass is 800 g/mol. The summed E-state index contributed by atoms with van der Waals surface area (Å²) in [6.45, 7) is 14.4. The Balaban J connectivity index is 0.000000197. The average molecular weight is 801 g/mol. The molecule has 0 aromatic heterocycles. The Morgan fingerprint density at radius 3 is 1.86 bits per heavy atom. The van der Waals surface area contributed by atoms with Crippen molar-refractivity contribution in [3.63, 3.8) is 0 Å². The Bertz CT molecular complexity index is 1240. The lowest BCUT2D eigenvalue weighted by molar-refractivity contribution is 0.162. The van der Waals surface area contributed by atoms with Crippen LogP contribution in [0.2, 0.25) is 0 Å². The Morgan fingerprint density at radius 1 is 0.820 bits per heavy atom. The second kappa shape index (κ2) is 24.1. The van der Waals surface area contributed by atoms with Crippen LogP contribution in [-0.4, -0.2) is 112 Å². The van der Waals surface area contributed by atoms with Crippen molar-refractivity contribution < 1.29 is 0 Å². The normalized spacial score (nSPS) is 21.6. The third kappa shape index (κ3) is 15.6. The van der Waals surface area contributed by atoms with E-state index in [1.165, 1.54) is 46.9 Å². The van der Waals surface area contributed by atoms with Crippen LogP contribution >= 0.6 is 22.6 Å². The number of benzene rings is 2. The molecule has 2 aromatic carbocycles.